The molecule has 0 aliphatic heterocycles. The van der Waals surface area contributed by atoms with E-state index >= 15 is 0 Å². The van der Waals surface area contributed by atoms with Crippen molar-refractivity contribution in [2.45, 2.75) is 97.6 Å². The van der Waals surface area contributed by atoms with Crippen molar-refractivity contribution in [3.8, 4) is 0 Å². The van der Waals surface area contributed by atoms with Crippen LogP contribution in [0.1, 0.15) is 86.5 Å². The van der Waals surface area contributed by atoms with E-state index < -0.39 is 0 Å². The minimum Gasteiger partial charge on any atom is -0.0682 e. The van der Waals surface area contributed by atoms with E-state index in [2.05, 4.69) is 48.8 Å². The van der Waals surface area contributed by atoms with Gasteiger partial charge < -0.3 is 0 Å². The topological polar surface area (TPSA) is 0 Å². The van der Waals surface area contributed by atoms with Gasteiger partial charge >= 0.3 is 0 Å². The van der Waals surface area contributed by atoms with E-state index in [0.717, 1.165) is 11.7 Å². The van der Waals surface area contributed by atoms with E-state index in [1.54, 1.807) is 0 Å². The van der Waals surface area contributed by atoms with Crippen molar-refractivity contribution in [2.24, 2.45) is 11.3 Å². The lowest BCUT2D eigenvalue weighted by atomic mass is 9.46. The van der Waals surface area contributed by atoms with E-state index in [9.17, 15) is 0 Å². The average Bonchev–Trinajstić information content (AvgIpc) is 2.26. The fraction of sp³-hybridized carbons (Fsp3) is 1.00. The zero-order valence-electron chi connectivity index (χ0n) is 13.7. The van der Waals surface area contributed by atoms with Gasteiger partial charge in [0.05, 0.1) is 0 Å². The van der Waals surface area contributed by atoms with Crippen molar-refractivity contribution >= 4 is 7.28 Å². The lowest BCUT2D eigenvalue weighted by Crippen LogP contribution is -2.20. The summed E-state index contributed by atoms with van der Waals surface area (Å²) < 4.78 is 0. The highest BCUT2D eigenvalue weighted by Gasteiger charge is 2.26. The van der Waals surface area contributed by atoms with Crippen LogP contribution >= 0.6 is 0 Å². The molecule has 1 saturated carbocycles. The molecule has 2 unspecified atom stereocenters. The van der Waals surface area contributed by atoms with Crippen molar-refractivity contribution in [2.75, 3.05) is 0 Å². The van der Waals surface area contributed by atoms with Crippen LogP contribution in [0.5, 0.6) is 0 Å². The van der Waals surface area contributed by atoms with Crippen molar-refractivity contribution in [1.82, 2.24) is 0 Å². The summed E-state index contributed by atoms with van der Waals surface area (Å²) >= 11 is 0. The van der Waals surface area contributed by atoms with Crippen molar-refractivity contribution in [3.63, 3.8) is 0 Å². The zero-order valence-corrected chi connectivity index (χ0v) is 13.7. The van der Waals surface area contributed by atoms with Crippen LogP contribution in [0.4, 0.5) is 0 Å². The van der Waals surface area contributed by atoms with Crippen LogP contribution < -0.4 is 0 Å². The van der Waals surface area contributed by atoms with Gasteiger partial charge in [0.2, 0.25) is 0 Å². The fourth-order valence-electron chi connectivity index (χ4n) is 3.45. The Morgan fingerprint density at radius 2 is 1.22 bits per heavy atom. The highest BCUT2D eigenvalue weighted by molar-refractivity contribution is 6.41. The molecule has 1 aliphatic carbocycles. The van der Waals surface area contributed by atoms with Gasteiger partial charge in [-0.05, 0) is 24.2 Å². The molecule has 1 heteroatoms. The molecule has 0 nitrogen and oxygen atoms in total. The Balaban J connectivity index is 2.49. The SMILES string of the molecule is CC(C)(C)[B]C1CCCCC(C(C)(C)C)CCC1. The molecule has 0 bridgehead atoms. The Morgan fingerprint density at radius 1 is 0.722 bits per heavy atom. The van der Waals surface area contributed by atoms with Crippen LogP contribution in [-0.4, -0.2) is 7.28 Å². The molecule has 1 rings (SSSR count). The van der Waals surface area contributed by atoms with Gasteiger partial charge in [-0.15, -0.1) is 0 Å². The maximum Gasteiger partial charge on any atom is 0.120 e. The molecular weight excluding hydrogens is 215 g/mol. The highest BCUT2D eigenvalue weighted by Crippen LogP contribution is 2.39. The van der Waals surface area contributed by atoms with Crippen LogP contribution in [0.2, 0.25) is 11.1 Å². The van der Waals surface area contributed by atoms with Gasteiger partial charge in [-0.1, -0.05) is 84.8 Å². The summed E-state index contributed by atoms with van der Waals surface area (Å²) in [5, 5.41) is 0.391. The summed E-state index contributed by atoms with van der Waals surface area (Å²) in [6.07, 6.45) is 10.0. The van der Waals surface area contributed by atoms with E-state index in [-0.39, 0.29) is 0 Å². The maximum atomic E-state index is 2.62. The number of rotatable bonds is 1. The first-order chi connectivity index (χ1) is 8.18. The molecule has 0 aromatic carbocycles. The predicted octanol–water partition coefficient (Wildman–Crippen LogP) is 6.10. The number of hydrogen-bond acceptors (Lipinski definition) is 0. The third-order valence-corrected chi connectivity index (χ3v) is 4.47. The Labute approximate surface area is 117 Å². The summed E-state index contributed by atoms with van der Waals surface area (Å²) in [6, 6.07) is 0. The van der Waals surface area contributed by atoms with Gasteiger partial charge in [0.1, 0.15) is 7.28 Å². The van der Waals surface area contributed by atoms with Gasteiger partial charge in [-0.25, -0.2) is 0 Å². The smallest absolute Gasteiger partial charge is 0.0682 e. The standard InChI is InChI=1S/C17H34B/c1-16(2,3)14-10-7-8-12-15(13-9-11-14)18-17(4,5)6/h14-15H,7-13H2,1-6H3. The van der Waals surface area contributed by atoms with Crippen molar-refractivity contribution in [3.05, 3.63) is 0 Å². The molecule has 0 saturated heterocycles. The zero-order chi connectivity index (χ0) is 13.8. The first-order valence-electron chi connectivity index (χ1n) is 8.04. The molecule has 18 heavy (non-hydrogen) atoms. The second-order valence-electron chi connectivity index (χ2n) is 8.57. The van der Waals surface area contributed by atoms with Crippen molar-refractivity contribution < 1.29 is 0 Å². The van der Waals surface area contributed by atoms with Crippen LogP contribution in [0.25, 0.3) is 0 Å². The third kappa shape index (κ3) is 6.30. The lowest BCUT2D eigenvalue weighted by Gasteiger charge is -2.30. The molecule has 1 radical (unpaired) electrons. The molecule has 1 fully saturated rings. The Hall–Kier alpha value is 0.0649. The molecule has 2 atom stereocenters. The fourth-order valence-corrected chi connectivity index (χ4v) is 3.45. The lowest BCUT2D eigenvalue weighted by molar-refractivity contribution is 0.205. The Morgan fingerprint density at radius 3 is 1.78 bits per heavy atom. The monoisotopic (exact) mass is 249 g/mol. The Bertz CT molecular complexity index is 231. The van der Waals surface area contributed by atoms with Gasteiger partial charge in [-0.3, -0.25) is 0 Å². The summed E-state index contributed by atoms with van der Waals surface area (Å²) in [6.45, 7) is 14.3. The molecule has 0 amide bonds. The van der Waals surface area contributed by atoms with Crippen LogP contribution in [0, 0.1) is 11.3 Å². The molecule has 0 aromatic rings. The van der Waals surface area contributed by atoms with E-state index in [1.165, 1.54) is 44.9 Å². The second kappa shape index (κ2) is 6.48. The summed E-state index contributed by atoms with van der Waals surface area (Å²) in [5.41, 5.74) is 0.508. The summed E-state index contributed by atoms with van der Waals surface area (Å²) in [5.74, 6) is 1.80. The number of hydrogen-bond donors (Lipinski definition) is 0. The summed E-state index contributed by atoms with van der Waals surface area (Å²) in [4.78, 5) is 0. The highest BCUT2D eigenvalue weighted by atomic mass is 14.3. The molecule has 105 valence electrons. The first kappa shape index (κ1) is 16.1. The molecule has 0 aromatic heterocycles. The minimum atomic E-state index is 0.391. The average molecular weight is 249 g/mol. The second-order valence-corrected chi connectivity index (χ2v) is 8.57. The van der Waals surface area contributed by atoms with Gasteiger partial charge in [0.25, 0.3) is 0 Å². The van der Waals surface area contributed by atoms with E-state index in [0.29, 0.717) is 10.7 Å². The normalized spacial score (nSPS) is 28.1. The quantitative estimate of drug-likeness (QED) is 0.492. The largest absolute Gasteiger partial charge is 0.120 e. The third-order valence-electron chi connectivity index (χ3n) is 4.47. The van der Waals surface area contributed by atoms with Gasteiger partial charge in [-0.2, -0.15) is 0 Å². The first-order valence-corrected chi connectivity index (χ1v) is 8.04. The van der Waals surface area contributed by atoms with Crippen LogP contribution in [0.15, 0.2) is 0 Å². The molecule has 0 N–H and O–H groups in total. The molecule has 0 heterocycles. The molecular formula is C17H34B. The molecule has 0 spiro atoms. The van der Waals surface area contributed by atoms with Crippen LogP contribution in [0.3, 0.4) is 0 Å². The summed E-state index contributed by atoms with van der Waals surface area (Å²) in [7, 11) is 2.62. The maximum absolute atomic E-state index is 2.62. The van der Waals surface area contributed by atoms with Gasteiger partial charge in [0, 0.05) is 0 Å². The van der Waals surface area contributed by atoms with Crippen LogP contribution in [-0.2, 0) is 0 Å². The minimum absolute atomic E-state index is 0.391. The predicted molar refractivity (Wildman–Crippen MR) is 84.5 cm³/mol. The van der Waals surface area contributed by atoms with Gasteiger partial charge in [0.15, 0.2) is 0 Å². The molecule has 1 aliphatic rings. The Kier molecular flexibility index (Phi) is 5.81. The van der Waals surface area contributed by atoms with E-state index in [1.807, 2.05) is 0 Å². The van der Waals surface area contributed by atoms with E-state index in [4.69, 9.17) is 0 Å². The van der Waals surface area contributed by atoms with Crippen molar-refractivity contribution in [1.29, 1.82) is 0 Å².